The molecule has 0 unspecified atom stereocenters. The minimum Gasteiger partial charge on any atom is -0.395 e. The first-order valence-electron chi connectivity index (χ1n) is 18.6. The molecule has 276 valence electrons. The third-order valence-electron chi connectivity index (χ3n) is 10.5. The second-order valence-electron chi connectivity index (χ2n) is 14.0. The molecule has 57 heavy (non-hydrogen) atoms. The summed E-state index contributed by atoms with van der Waals surface area (Å²) >= 11 is 0. The van der Waals surface area contributed by atoms with Crippen molar-refractivity contribution < 1.29 is 23.2 Å². The van der Waals surface area contributed by atoms with Crippen molar-refractivity contribution in [1.29, 1.82) is 0 Å². The number of rotatable bonds is 10. The monoisotopic (exact) mass is 763 g/mol. The van der Waals surface area contributed by atoms with Crippen LogP contribution in [0.4, 0.5) is 11.4 Å². The van der Waals surface area contributed by atoms with E-state index in [4.69, 9.17) is 0 Å². The zero-order valence-electron chi connectivity index (χ0n) is 30.6. The number of carbonyl (C=O) groups is 1. The molecular formula is C49H35N2O5S+. The van der Waals surface area contributed by atoms with E-state index in [2.05, 4.69) is 72.2 Å². The molecule has 7 nitrogen and oxygen atoms in total. The first kappa shape index (κ1) is 35.7. The lowest BCUT2D eigenvalue weighted by Gasteiger charge is -2.17. The van der Waals surface area contributed by atoms with Crippen molar-refractivity contribution in [3.05, 3.63) is 192 Å². The predicted molar refractivity (Wildman–Crippen MR) is 230 cm³/mol. The molecule has 9 aromatic rings. The Morgan fingerprint density at radius 1 is 0.544 bits per heavy atom. The number of sulfone groups is 1. The van der Waals surface area contributed by atoms with Crippen LogP contribution < -0.4 is 5.43 Å². The summed E-state index contributed by atoms with van der Waals surface area (Å²) < 4.78 is 27.3. The largest absolute Gasteiger partial charge is 0.395 e. The van der Waals surface area contributed by atoms with E-state index in [-0.39, 0.29) is 21.7 Å². The van der Waals surface area contributed by atoms with Gasteiger partial charge in [0.2, 0.25) is 0 Å². The number of carbonyl (C=O) groups excluding carboxylic acids is 1. The van der Waals surface area contributed by atoms with E-state index in [1.54, 1.807) is 36.4 Å². The number of benzene rings is 9. The Morgan fingerprint density at radius 3 is 1.58 bits per heavy atom. The van der Waals surface area contributed by atoms with Gasteiger partial charge in [0.05, 0.1) is 22.2 Å². The number of hydrogen-bond donors (Lipinski definition) is 2. The van der Waals surface area contributed by atoms with Crippen LogP contribution in [0.25, 0.3) is 65.3 Å². The van der Waals surface area contributed by atoms with Crippen molar-refractivity contribution in [2.75, 3.05) is 17.8 Å². The molecule has 0 saturated carbocycles. The minimum atomic E-state index is -4.14. The second-order valence-corrected chi connectivity index (χ2v) is 16.1. The van der Waals surface area contributed by atoms with Crippen molar-refractivity contribution in [2.45, 2.75) is 4.90 Å². The summed E-state index contributed by atoms with van der Waals surface area (Å²) in [5.74, 6) is -1.17. The van der Waals surface area contributed by atoms with Gasteiger partial charge < -0.3 is 5.11 Å². The predicted octanol–water partition coefficient (Wildman–Crippen LogP) is 11.1. The number of para-hydroxylation sites is 1. The highest BCUT2D eigenvalue weighted by molar-refractivity contribution is 7.91. The van der Waals surface area contributed by atoms with Crippen molar-refractivity contribution in [2.24, 2.45) is 0 Å². The number of hydrazine groups is 1. The molecule has 9 aromatic carbocycles. The van der Waals surface area contributed by atoms with E-state index in [0.717, 1.165) is 65.3 Å². The number of nitrogens with zero attached hydrogens (tertiary/aromatic N) is 1. The molecular weight excluding hydrogens is 729 g/mol. The number of nitrogens with one attached hydrogen (secondary N) is 1. The fraction of sp³-hybridized carbons (Fsp3) is 0.0408. The van der Waals surface area contributed by atoms with Crippen LogP contribution in [0.1, 0.15) is 15.9 Å². The van der Waals surface area contributed by atoms with E-state index < -0.39 is 28.0 Å². The van der Waals surface area contributed by atoms with Gasteiger partial charge in [-0.15, -0.1) is 5.43 Å². The zero-order chi connectivity index (χ0) is 39.1. The highest BCUT2D eigenvalue weighted by Crippen LogP contribution is 2.41. The maximum atomic E-state index is 15.1. The van der Waals surface area contributed by atoms with E-state index in [0.29, 0.717) is 10.6 Å². The maximum absolute atomic E-state index is 15.1. The second kappa shape index (κ2) is 14.6. The molecule has 8 heteroatoms. The molecule has 0 fully saturated rings. The Hall–Kier alpha value is -7.00. The Labute approximate surface area is 328 Å². The molecule has 0 spiro atoms. The summed E-state index contributed by atoms with van der Waals surface area (Å²) in [6.45, 7) is -0.634. The Morgan fingerprint density at radius 2 is 1.04 bits per heavy atom. The molecule has 9 rings (SSSR count). The van der Waals surface area contributed by atoms with Gasteiger partial charge in [-0.25, -0.2) is 8.42 Å². The van der Waals surface area contributed by atoms with Crippen LogP contribution in [-0.4, -0.2) is 36.5 Å². The molecule has 0 aliphatic rings. The molecule has 0 aliphatic heterocycles. The Bertz CT molecular complexity index is 3040. The van der Waals surface area contributed by atoms with Gasteiger partial charge in [-0.3, -0.25) is 4.79 Å². The normalized spacial score (nSPS) is 11.7. The molecule has 0 bridgehead atoms. The smallest absolute Gasteiger partial charge is 0.293 e. The van der Waals surface area contributed by atoms with Gasteiger partial charge in [-0.1, -0.05) is 115 Å². The van der Waals surface area contributed by atoms with E-state index in [1.807, 2.05) is 54.6 Å². The molecule has 2 N–H and O–H groups in total. The molecule has 0 atom stereocenters. The van der Waals surface area contributed by atoms with E-state index in [1.165, 1.54) is 18.2 Å². The topological polar surface area (TPSA) is 104 Å². The summed E-state index contributed by atoms with van der Waals surface area (Å²) in [6.07, 6.45) is 0. The first-order valence-corrected chi connectivity index (χ1v) is 20.2. The van der Waals surface area contributed by atoms with Crippen molar-refractivity contribution >= 4 is 70.1 Å². The standard InChI is InChI=1S/C49H35N2O5S/c52-24-25-57(55,56)48-23-22-38(51(54)50-37-14-2-1-3-15-37)31-47(48)49(53)36-27-34(45-29-32-12-4-6-16-39(32)41-18-8-10-20-43(41)45)26-35(28-36)46-30-33-13-5-7-17-40(33)42-19-9-11-21-44(42)46/h1-23,26-31,52H,24-25H2,(H,50,54)/q+1. The lowest BCUT2D eigenvalue weighted by Crippen LogP contribution is -2.17. The number of fused-ring (bicyclic) bond motifs is 6. The van der Waals surface area contributed by atoms with Gasteiger partial charge in [-0.05, 0) is 114 Å². The zero-order valence-corrected chi connectivity index (χ0v) is 31.4. The van der Waals surface area contributed by atoms with Gasteiger partial charge in [0.15, 0.2) is 20.5 Å². The van der Waals surface area contributed by atoms with Gasteiger partial charge in [-0.2, -0.15) is 0 Å². The minimum absolute atomic E-state index is 0.0302. The summed E-state index contributed by atoms with van der Waals surface area (Å²) in [4.78, 5) is 28.8. The van der Waals surface area contributed by atoms with Crippen molar-refractivity contribution in [1.82, 2.24) is 0 Å². The average Bonchev–Trinajstić information content (AvgIpc) is 3.25. The van der Waals surface area contributed by atoms with Crippen LogP contribution in [-0.2, 0) is 9.84 Å². The highest BCUT2D eigenvalue weighted by atomic mass is 32.2. The summed E-state index contributed by atoms with van der Waals surface area (Å²) in [5.41, 5.74) is 6.70. The van der Waals surface area contributed by atoms with Crippen LogP contribution in [0.15, 0.2) is 181 Å². The van der Waals surface area contributed by atoms with Gasteiger partial charge in [0, 0.05) is 23.3 Å². The molecule has 0 aliphatic carbocycles. The molecule has 0 radical (unpaired) electrons. The molecule has 0 amide bonds. The van der Waals surface area contributed by atoms with Gasteiger partial charge >= 0.3 is 0 Å². The summed E-state index contributed by atoms with van der Waals surface area (Å²) in [5, 5.41) is 18.1. The van der Waals surface area contributed by atoms with Gasteiger partial charge in [0.1, 0.15) is 5.69 Å². The van der Waals surface area contributed by atoms with Crippen LogP contribution in [0.3, 0.4) is 0 Å². The number of aliphatic hydroxyl groups excluding tert-OH is 1. The van der Waals surface area contributed by atoms with Crippen LogP contribution in [0.2, 0.25) is 0 Å². The fourth-order valence-electron chi connectivity index (χ4n) is 7.83. The average molecular weight is 764 g/mol. The molecule has 0 heterocycles. The molecule has 0 aromatic heterocycles. The number of ketones is 1. The van der Waals surface area contributed by atoms with Gasteiger partial charge in [0.25, 0.3) is 5.69 Å². The third-order valence-corrected chi connectivity index (χ3v) is 12.2. The van der Waals surface area contributed by atoms with Crippen LogP contribution >= 0.6 is 0 Å². The van der Waals surface area contributed by atoms with Crippen molar-refractivity contribution in [3.63, 3.8) is 0 Å². The lowest BCUT2D eigenvalue weighted by atomic mass is 9.87. The number of hydrogen-bond acceptors (Lipinski definition) is 5. The third kappa shape index (κ3) is 6.61. The Kier molecular flexibility index (Phi) is 9.13. The number of nitroso groups, excluding NO2 is 1. The number of anilines is 1. The van der Waals surface area contributed by atoms with Crippen LogP contribution in [0.5, 0.6) is 0 Å². The fourth-order valence-corrected chi connectivity index (χ4v) is 9.05. The van der Waals surface area contributed by atoms with Crippen molar-refractivity contribution in [3.8, 4) is 22.3 Å². The maximum Gasteiger partial charge on any atom is 0.293 e. The SMILES string of the molecule is O=C(c1cc(-c2cc3ccccc3c3ccccc23)cc(-c2cc3ccccc3c3ccccc23)c1)c1cc([N+](=O)Nc2ccccc2)ccc1S(=O)(=O)CCO. The first-order chi connectivity index (χ1) is 27.8. The number of aliphatic hydroxyl groups is 1. The Balaban J connectivity index is 1.30. The van der Waals surface area contributed by atoms with Crippen LogP contribution in [0, 0.1) is 4.91 Å². The summed E-state index contributed by atoms with van der Waals surface area (Å²) in [7, 11) is -4.14. The van der Waals surface area contributed by atoms with E-state index in [9.17, 15) is 18.4 Å². The lowest BCUT2D eigenvalue weighted by molar-refractivity contribution is -0.427. The summed E-state index contributed by atoms with van der Waals surface area (Å²) in [6, 6.07) is 55.4. The quantitative estimate of drug-likeness (QED) is 0.0622. The van der Waals surface area contributed by atoms with E-state index >= 15 is 4.79 Å². The molecule has 0 saturated heterocycles. The highest BCUT2D eigenvalue weighted by Gasteiger charge is 2.28.